The van der Waals surface area contributed by atoms with E-state index >= 15 is 0 Å². The van der Waals surface area contributed by atoms with Gasteiger partial charge in [-0.1, -0.05) is 0 Å². The van der Waals surface area contributed by atoms with Crippen LogP contribution < -0.4 is 16.0 Å². The van der Waals surface area contributed by atoms with E-state index in [1.807, 2.05) is 0 Å². The number of nitrogens with zero attached hydrogens (tertiary/aromatic N) is 4. The van der Waals surface area contributed by atoms with E-state index in [1.54, 1.807) is 24.1 Å². The molecule has 78 valence electrons. The van der Waals surface area contributed by atoms with Gasteiger partial charge in [0.05, 0.1) is 24.8 Å². The number of nitrogens with two attached hydrogens (primary N) is 1. The number of hydrogen-bond donors (Lipinski definition) is 2. The topological polar surface area (TPSA) is 90.9 Å². The maximum Gasteiger partial charge on any atom is 0.240 e. The first kappa shape index (κ1) is 9.41. The van der Waals surface area contributed by atoms with Gasteiger partial charge in [0.25, 0.3) is 0 Å². The SMILES string of the molecule is Cn1cc(Oc2cncc(NN)n2)cn1. The normalized spacial score (nSPS) is 10.0. The molecule has 2 rings (SSSR count). The van der Waals surface area contributed by atoms with Gasteiger partial charge in [-0.15, -0.1) is 0 Å². The van der Waals surface area contributed by atoms with Gasteiger partial charge >= 0.3 is 0 Å². The van der Waals surface area contributed by atoms with Crippen molar-refractivity contribution in [1.82, 2.24) is 19.7 Å². The monoisotopic (exact) mass is 206 g/mol. The van der Waals surface area contributed by atoms with E-state index in [-0.39, 0.29) is 0 Å². The van der Waals surface area contributed by atoms with Crippen LogP contribution in [-0.4, -0.2) is 19.7 Å². The molecule has 0 aliphatic heterocycles. The number of rotatable bonds is 3. The maximum atomic E-state index is 5.39. The largest absolute Gasteiger partial charge is 0.434 e. The number of aryl methyl sites for hydroxylation is 1. The van der Waals surface area contributed by atoms with Crippen LogP contribution in [0.5, 0.6) is 11.6 Å². The van der Waals surface area contributed by atoms with Crippen LogP contribution in [-0.2, 0) is 7.05 Å². The number of aromatic nitrogens is 4. The second kappa shape index (κ2) is 3.93. The summed E-state index contributed by atoms with van der Waals surface area (Å²) >= 11 is 0. The molecule has 0 radical (unpaired) electrons. The summed E-state index contributed by atoms with van der Waals surface area (Å²) in [5.74, 6) is 6.59. The number of ether oxygens (including phenoxy) is 1. The molecule has 0 unspecified atom stereocenters. The third-order valence-corrected chi connectivity index (χ3v) is 1.66. The zero-order valence-electron chi connectivity index (χ0n) is 8.08. The molecule has 0 atom stereocenters. The van der Waals surface area contributed by atoms with Crippen LogP contribution in [0, 0.1) is 0 Å². The Balaban J connectivity index is 2.16. The molecule has 0 fully saturated rings. The molecule has 0 saturated carbocycles. The van der Waals surface area contributed by atoms with Gasteiger partial charge in [-0.2, -0.15) is 10.1 Å². The van der Waals surface area contributed by atoms with Crippen LogP contribution in [0.2, 0.25) is 0 Å². The number of anilines is 1. The standard InChI is InChI=1S/C8H10N6O/c1-14-5-6(2-11-14)15-8-4-10-3-7(12-8)13-9/h2-5H,9H2,1H3,(H,12,13). The van der Waals surface area contributed by atoms with E-state index in [4.69, 9.17) is 10.6 Å². The zero-order valence-corrected chi connectivity index (χ0v) is 8.08. The third kappa shape index (κ3) is 2.20. The van der Waals surface area contributed by atoms with Gasteiger partial charge in [0.1, 0.15) is 0 Å². The first-order valence-corrected chi connectivity index (χ1v) is 4.23. The molecule has 0 bridgehead atoms. The minimum Gasteiger partial charge on any atom is -0.434 e. The average Bonchev–Trinajstić information content (AvgIpc) is 2.64. The Morgan fingerprint density at radius 3 is 2.93 bits per heavy atom. The fraction of sp³-hybridized carbons (Fsp3) is 0.125. The highest BCUT2D eigenvalue weighted by Crippen LogP contribution is 2.17. The molecule has 0 aliphatic rings. The number of nitrogen functional groups attached to an aromatic ring is 1. The lowest BCUT2D eigenvalue weighted by molar-refractivity contribution is 0.460. The molecular formula is C8H10N6O. The van der Waals surface area contributed by atoms with E-state index < -0.39 is 0 Å². The zero-order chi connectivity index (χ0) is 10.7. The minimum atomic E-state index is 0.360. The Morgan fingerprint density at radius 2 is 2.27 bits per heavy atom. The van der Waals surface area contributed by atoms with Crippen molar-refractivity contribution in [2.24, 2.45) is 12.9 Å². The van der Waals surface area contributed by atoms with Gasteiger partial charge in [-0.25, -0.2) is 5.84 Å². The molecule has 3 N–H and O–H groups in total. The van der Waals surface area contributed by atoms with E-state index in [1.165, 1.54) is 12.4 Å². The molecule has 15 heavy (non-hydrogen) atoms. The van der Waals surface area contributed by atoms with Gasteiger partial charge in [-0.05, 0) is 0 Å². The van der Waals surface area contributed by atoms with Gasteiger partial charge in [0.15, 0.2) is 11.6 Å². The van der Waals surface area contributed by atoms with Crippen LogP contribution in [0.15, 0.2) is 24.8 Å². The Hall–Kier alpha value is -2.15. The number of hydrazine groups is 1. The van der Waals surface area contributed by atoms with Gasteiger partial charge in [-0.3, -0.25) is 9.67 Å². The first-order chi connectivity index (χ1) is 7.28. The van der Waals surface area contributed by atoms with Crippen LogP contribution in [0.3, 0.4) is 0 Å². The van der Waals surface area contributed by atoms with Gasteiger partial charge < -0.3 is 10.2 Å². The van der Waals surface area contributed by atoms with Crippen molar-refractivity contribution in [1.29, 1.82) is 0 Å². The van der Waals surface area contributed by atoms with E-state index in [0.717, 1.165) is 0 Å². The predicted molar refractivity (Wildman–Crippen MR) is 53.1 cm³/mol. The number of nitrogens with one attached hydrogen (secondary N) is 1. The van der Waals surface area contributed by atoms with E-state index in [9.17, 15) is 0 Å². The molecule has 0 saturated heterocycles. The summed E-state index contributed by atoms with van der Waals surface area (Å²) < 4.78 is 7.02. The summed E-state index contributed by atoms with van der Waals surface area (Å²) in [6.07, 6.45) is 6.30. The second-order valence-corrected chi connectivity index (χ2v) is 2.84. The van der Waals surface area contributed by atoms with E-state index in [2.05, 4.69) is 20.5 Å². The quantitative estimate of drug-likeness (QED) is 0.554. The summed E-state index contributed by atoms with van der Waals surface area (Å²) in [6, 6.07) is 0. The van der Waals surface area contributed by atoms with Crippen LogP contribution >= 0.6 is 0 Å². The lowest BCUT2D eigenvalue weighted by Gasteiger charge is -2.02. The Bertz CT molecular complexity index is 454. The lowest BCUT2D eigenvalue weighted by Crippen LogP contribution is -2.08. The van der Waals surface area contributed by atoms with Crippen molar-refractivity contribution in [3.63, 3.8) is 0 Å². The molecule has 2 aromatic rings. The van der Waals surface area contributed by atoms with Crippen molar-refractivity contribution in [2.75, 3.05) is 5.43 Å². The summed E-state index contributed by atoms with van der Waals surface area (Å²) in [4.78, 5) is 7.94. The Kier molecular flexibility index (Phi) is 2.46. The van der Waals surface area contributed by atoms with Crippen LogP contribution in [0.4, 0.5) is 5.82 Å². The second-order valence-electron chi connectivity index (χ2n) is 2.84. The van der Waals surface area contributed by atoms with E-state index in [0.29, 0.717) is 17.4 Å². The van der Waals surface area contributed by atoms with Crippen molar-refractivity contribution >= 4 is 5.82 Å². The Morgan fingerprint density at radius 1 is 1.40 bits per heavy atom. The van der Waals surface area contributed by atoms with Crippen molar-refractivity contribution in [3.8, 4) is 11.6 Å². The first-order valence-electron chi connectivity index (χ1n) is 4.23. The lowest BCUT2D eigenvalue weighted by atomic mass is 10.6. The van der Waals surface area contributed by atoms with Gasteiger partial charge in [0.2, 0.25) is 5.88 Å². The number of hydrogen-bond acceptors (Lipinski definition) is 6. The fourth-order valence-electron chi connectivity index (χ4n) is 1.04. The molecule has 0 aliphatic carbocycles. The smallest absolute Gasteiger partial charge is 0.240 e. The summed E-state index contributed by atoms with van der Waals surface area (Å²) in [5.41, 5.74) is 2.38. The molecule has 2 aromatic heterocycles. The molecule has 7 heteroatoms. The van der Waals surface area contributed by atoms with Crippen molar-refractivity contribution in [3.05, 3.63) is 24.8 Å². The minimum absolute atomic E-state index is 0.360. The highest BCUT2D eigenvalue weighted by atomic mass is 16.5. The van der Waals surface area contributed by atoms with Crippen molar-refractivity contribution < 1.29 is 4.74 Å². The van der Waals surface area contributed by atoms with Gasteiger partial charge in [0, 0.05) is 7.05 Å². The molecule has 2 heterocycles. The highest BCUT2D eigenvalue weighted by Gasteiger charge is 2.02. The molecule has 0 spiro atoms. The molecule has 0 amide bonds. The molecule has 7 nitrogen and oxygen atoms in total. The molecule has 0 aromatic carbocycles. The molecular weight excluding hydrogens is 196 g/mol. The van der Waals surface area contributed by atoms with Crippen molar-refractivity contribution in [2.45, 2.75) is 0 Å². The van der Waals surface area contributed by atoms with Crippen LogP contribution in [0.25, 0.3) is 0 Å². The highest BCUT2D eigenvalue weighted by molar-refractivity contribution is 5.32. The van der Waals surface area contributed by atoms with Crippen LogP contribution in [0.1, 0.15) is 0 Å². The summed E-state index contributed by atoms with van der Waals surface area (Å²) in [6.45, 7) is 0. The predicted octanol–water partition coefficient (Wildman–Crippen LogP) is 0.288. The summed E-state index contributed by atoms with van der Waals surface area (Å²) in [7, 11) is 1.80. The third-order valence-electron chi connectivity index (χ3n) is 1.66. The average molecular weight is 206 g/mol. The summed E-state index contributed by atoms with van der Waals surface area (Å²) in [5, 5.41) is 3.96. The Labute approximate surface area is 85.9 Å². The maximum absolute atomic E-state index is 5.39. The fourth-order valence-corrected chi connectivity index (χ4v) is 1.04.